The second kappa shape index (κ2) is 5.51. The Balaban J connectivity index is 1.83. The van der Waals surface area contributed by atoms with Gasteiger partial charge in [0, 0.05) is 24.7 Å². The molecule has 1 aromatic heterocycles. The third-order valence-corrected chi connectivity index (χ3v) is 4.36. The molecule has 2 heterocycles. The highest BCUT2D eigenvalue weighted by molar-refractivity contribution is 5.79. The Morgan fingerprint density at radius 2 is 2.05 bits per heavy atom. The molecule has 20 heavy (non-hydrogen) atoms. The number of benzene rings is 1. The van der Waals surface area contributed by atoms with E-state index < -0.39 is 5.60 Å². The van der Waals surface area contributed by atoms with Gasteiger partial charge < -0.3 is 10.0 Å². The van der Waals surface area contributed by atoms with Crippen LogP contribution in [0.3, 0.4) is 0 Å². The molecule has 0 bridgehead atoms. The monoisotopic (exact) mass is 270 g/mol. The van der Waals surface area contributed by atoms with Crippen LogP contribution < -0.4 is 0 Å². The minimum absolute atomic E-state index is 0.672. The third-order valence-electron chi connectivity index (χ3n) is 4.36. The van der Waals surface area contributed by atoms with Gasteiger partial charge in [0.15, 0.2) is 0 Å². The predicted octanol–water partition coefficient (Wildman–Crippen LogP) is 2.93. The van der Waals surface area contributed by atoms with Gasteiger partial charge in [0.2, 0.25) is 0 Å². The van der Waals surface area contributed by atoms with Gasteiger partial charge in [-0.15, -0.1) is 0 Å². The lowest BCUT2D eigenvalue weighted by atomic mass is 9.84. The molecule has 0 amide bonds. The molecule has 2 aromatic rings. The van der Waals surface area contributed by atoms with Crippen LogP contribution in [-0.4, -0.2) is 34.6 Å². The number of aromatic nitrogens is 1. The van der Waals surface area contributed by atoms with Gasteiger partial charge in [-0.05, 0) is 49.6 Å². The van der Waals surface area contributed by atoms with E-state index in [0.717, 1.165) is 48.9 Å². The molecule has 3 heteroatoms. The van der Waals surface area contributed by atoms with Crippen LogP contribution in [0.1, 0.15) is 31.7 Å². The van der Waals surface area contributed by atoms with E-state index in [1.165, 1.54) is 6.42 Å². The van der Waals surface area contributed by atoms with Gasteiger partial charge >= 0.3 is 0 Å². The number of pyridine rings is 1. The SMILES string of the molecule is CCCN1CCC(O)(c2ccc3ncccc3c2)CC1. The van der Waals surface area contributed by atoms with E-state index in [9.17, 15) is 5.11 Å². The molecule has 0 radical (unpaired) electrons. The lowest BCUT2D eigenvalue weighted by molar-refractivity contribution is -0.0256. The average Bonchev–Trinajstić information content (AvgIpc) is 2.49. The number of likely N-dealkylation sites (tertiary alicyclic amines) is 1. The molecule has 1 saturated heterocycles. The highest BCUT2D eigenvalue weighted by Gasteiger charge is 2.33. The van der Waals surface area contributed by atoms with Gasteiger partial charge in [-0.25, -0.2) is 0 Å². The maximum Gasteiger partial charge on any atom is 0.0921 e. The third kappa shape index (κ3) is 2.56. The van der Waals surface area contributed by atoms with Crippen molar-refractivity contribution in [3.63, 3.8) is 0 Å². The van der Waals surface area contributed by atoms with Crippen molar-refractivity contribution in [2.24, 2.45) is 0 Å². The van der Waals surface area contributed by atoms with Gasteiger partial charge in [0.25, 0.3) is 0 Å². The summed E-state index contributed by atoms with van der Waals surface area (Å²) in [4.78, 5) is 6.78. The minimum atomic E-state index is -0.672. The standard InChI is InChI=1S/C17H22N2O/c1-2-10-19-11-7-17(20,8-12-19)15-5-6-16-14(13-15)4-3-9-18-16/h3-6,9,13,20H,2,7-8,10-12H2,1H3. The van der Waals surface area contributed by atoms with Crippen molar-refractivity contribution in [3.8, 4) is 0 Å². The number of fused-ring (bicyclic) bond motifs is 1. The van der Waals surface area contributed by atoms with Crippen molar-refractivity contribution in [2.45, 2.75) is 31.8 Å². The van der Waals surface area contributed by atoms with E-state index in [-0.39, 0.29) is 0 Å². The van der Waals surface area contributed by atoms with Crippen molar-refractivity contribution in [3.05, 3.63) is 42.1 Å². The van der Waals surface area contributed by atoms with Crippen LogP contribution in [0.15, 0.2) is 36.5 Å². The number of aliphatic hydroxyl groups is 1. The fourth-order valence-corrected chi connectivity index (χ4v) is 3.12. The van der Waals surface area contributed by atoms with Crippen LogP contribution >= 0.6 is 0 Å². The molecule has 1 aromatic carbocycles. The van der Waals surface area contributed by atoms with Gasteiger partial charge in [-0.2, -0.15) is 0 Å². The smallest absolute Gasteiger partial charge is 0.0921 e. The maximum absolute atomic E-state index is 10.9. The second-order valence-corrected chi connectivity index (χ2v) is 5.78. The highest BCUT2D eigenvalue weighted by atomic mass is 16.3. The molecule has 0 spiro atoms. The first-order valence-electron chi connectivity index (χ1n) is 7.51. The number of hydrogen-bond acceptors (Lipinski definition) is 3. The minimum Gasteiger partial charge on any atom is -0.385 e. The predicted molar refractivity (Wildman–Crippen MR) is 81.6 cm³/mol. The maximum atomic E-state index is 10.9. The molecule has 1 aliphatic rings. The Hall–Kier alpha value is -1.45. The number of hydrogen-bond donors (Lipinski definition) is 1. The molecule has 0 aliphatic carbocycles. The first kappa shape index (κ1) is 13.5. The first-order chi connectivity index (χ1) is 9.71. The van der Waals surface area contributed by atoms with E-state index in [1.54, 1.807) is 6.20 Å². The zero-order valence-electron chi connectivity index (χ0n) is 12.0. The van der Waals surface area contributed by atoms with Gasteiger partial charge in [-0.1, -0.05) is 19.1 Å². The van der Waals surface area contributed by atoms with Crippen LogP contribution in [0.25, 0.3) is 10.9 Å². The lowest BCUT2D eigenvalue weighted by Gasteiger charge is -2.38. The molecule has 1 aliphatic heterocycles. The normalized spacial score (nSPS) is 19.3. The summed E-state index contributed by atoms with van der Waals surface area (Å²) < 4.78 is 0. The van der Waals surface area contributed by atoms with Crippen molar-refractivity contribution in [1.82, 2.24) is 9.88 Å². The Bertz CT molecular complexity index is 588. The topological polar surface area (TPSA) is 36.4 Å². The summed E-state index contributed by atoms with van der Waals surface area (Å²) in [5, 5.41) is 12.0. The summed E-state index contributed by atoms with van der Waals surface area (Å²) in [6.45, 7) is 5.31. The van der Waals surface area contributed by atoms with Crippen molar-refractivity contribution in [2.75, 3.05) is 19.6 Å². The zero-order valence-corrected chi connectivity index (χ0v) is 12.0. The molecular weight excluding hydrogens is 248 g/mol. The fraction of sp³-hybridized carbons (Fsp3) is 0.471. The summed E-state index contributed by atoms with van der Waals surface area (Å²) in [5.74, 6) is 0. The summed E-state index contributed by atoms with van der Waals surface area (Å²) in [7, 11) is 0. The van der Waals surface area contributed by atoms with E-state index >= 15 is 0 Å². The Labute approximate surface area is 120 Å². The number of piperidine rings is 1. The van der Waals surface area contributed by atoms with Crippen LogP contribution in [0.2, 0.25) is 0 Å². The first-order valence-corrected chi connectivity index (χ1v) is 7.51. The summed E-state index contributed by atoms with van der Waals surface area (Å²) in [5.41, 5.74) is 1.35. The van der Waals surface area contributed by atoms with Crippen LogP contribution in [0, 0.1) is 0 Å². The van der Waals surface area contributed by atoms with Gasteiger partial charge in [0.05, 0.1) is 11.1 Å². The highest BCUT2D eigenvalue weighted by Crippen LogP contribution is 2.34. The van der Waals surface area contributed by atoms with Crippen molar-refractivity contribution in [1.29, 1.82) is 0 Å². The number of nitrogens with zero attached hydrogens (tertiary/aromatic N) is 2. The summed E-state index contributed by atoms with van der Waals surface area (Å²) in [6, 6.07) is 10.1. The van der Waals surface area contributed by atoms with E-state index in [4.69, 9.17) is 0 Å². The molecule has 0 unspecified atom stereocenters. The van der Waals surface area contributed by atoms with Crippen molar-refractivity contribution >= 4 is 10.9 Å². The fourth-order valence-electron chi connectivity index (χ4n) is 3.12. The number of rotatable bonds is 3. The Morgan fingerprint density at radius 3 is 2.80 bits per heavy atom. The molecule has 0 atom stereocenters. The molecule has 1 fully saturated rings. The molecule has 3 rings (SSSR count). The molecule has 3 nitrogen and oxygen atoms in total. The molecule has 1 N–H and O–H groups in total. The van der Waals surface area contributed by atoms with Crippen molar-refractivity contribution < 1.29 is 5.11 Å². The van der Waals surface area contributed by atoms with E-state index in [1.807, 2.05) is 18.2 Å². The zero-order chi connectivity index (χ0) is 14.0. The van der Waals surface area contributed by atoms with Crippen LogP contribution in [0.5, 0.6) is 0 Å². The average molecular weight is 270 g/mol. The lowest BCUT2D eigenvalue weighted by Crippen LogP contribution is -2.42. The summed E-state index contributed by atoms with van der Waals surface area (Å²) >= 11 is 0. The largest absolute Gasteiger partial charge is 0.385 e. The van der Waals surface area contributed by atoms with Gasteiger partial charge in [-0.3, -0.25) is 4.98 Å². The van der Waals surface area contributed by atoms with Crippen LogP contribution in [-0.2, 0) is 5.60 Å². The Morgan fingerprint density at radius 1 is 1.25 bits per heavy atom. The van der Waals surface area contributed by atoms with Crippen LogP contribution in [0.4, 0.5) is 0 Å². The molecule has 106 valence electrons. The quantitative estimate of drug-likeness (QED) is 0.931. The van der Waals surface area contributed by atoms with E-state index in [0.29, 0.717) is 0 Å². The molecule has 0 saturated carbocycles. The van der Waals surface area contributed by atoms with E-state index in [2.05, 4.69) is 28.9 Å². The second-order valence-electron chi connectivity index (χ2n) is 5.78. The Kier molecular flexibility index (Phi) is 3.72. The van der Waals surface area contributed by atoms with Gasteiger partial charge in [0.1, 0.15) is 0 Å². The molecular formula is C17H22N2O. The summed E-state index contributed by atoms with van der Waals surface area (Å²) in [6.07, 6.45) is 4.62.